The molecule has 2 N–H and O–H groups in total. The van der Waals surface area contributed by atoms with Crippen LogP contribution in [0, 0.1) is 5.92 Å². The number of hydrogen-bond donors (Lipinski definition) is 2. The Bertz CT molecular complexity index is 348. The average Bonchev–Trinajstić information content (AvgIpc) is 2.28. The smallest absolute Gasteiger partial charge is 0.272 e. The number of hydrogen-bond acceptors (Lipinski definition) is 4. The molecule has 1 aromatic rings. The summed E-state index contributed by atoms with van der Waals surface area (Å²) in [6, 6.07) is 3.50. The van der Waals surface area contributed by atoms with E-state index in [4.69, 9.17) is 0 Å². The van der Waals surface area contributed by atoms with Gasteiger partial charge in [0, 0.05) is 13.1 Å². The first kappa shape index (κ1) is 12.4. The van der Waals surface area contributed by atoms with Crippen LogP contribution in [0.3, 0.4) is 0 Å². The van der Waals surface area contributed by atoms with Crippen molar-refractivity contribution in [3.63, 3.8) is 0 Å². The van der Waals surface area contributed by atoms with Crippen molar-refractivity contribution in [2.24, 2.45) is 5.92 Å². The number of rotatable bonds is 4. The molecule has 1 amide bonds. The minimum Gasteiger partial charge on any atom is -0.372 e. The van der Waals surface area contributed by atoms with Crippen molar-refractivity contribution >= 4 is 11.7 Å². The molecule has 0 fully saturated rings. The van der Waals surface area contributed by atoms with Crippen LogP contribution in [-0.4, -0.2) is 29.2 Å². The number of anilines is 1. The van der Waals surface area contributed by atoms with Gasteiger partial charge in [0.15, 0.2) is 5.69 Å². The van der Waals surface area contributed by atoms with E-state index in [-0.39, 0.29) is 11.9 Å². The maximum absolute atomic E-state index is 11.7. The Hall–Kier alpha value is -1.65. The molecule has 0 saturated carbocycles. The summed E-state index contributed by atoms with van der Waals surface area (Å²) < 4.78 is 0. The SMILES string of the molecule is CNc1ccc(C(=O)NC(C)C(C)C)nn1. The number of aromatic nitrogens is 2. The lowest BCUT2D eigenvalue weighted by Gasteiger charge is -2.16. The van der Waals surface area contributed by atoms with Crippen molar-refractivity contribution in [1.29, 1.82) is 0 Å². The van der Waals surface area contributed by atoms with Gasteiger partial charge in [-0.05, 0) is 25.0 Å². The Morgan fingerprint density at radius 2 is 1.94 bits per heavy atom. The van der Waals surface area contributed by atoms with E-state index in [1.165, 1.54) is 0 Å². The van der Waals surface area contributed by atoms with Crippen molar-refractivity contribution < 1.29 is 4.79 Å². The first-order valence-corrected chi connectivity index (χ1v) is 5.37. The largest absolute Gasteiger partial charge is 0.372 e. The fourth-order valence-corrected chi connectivity index (χ4v) is 1.03. The monoisotopic (exact) mass is 222 g/mol. The molecule has 5 nitrogen and oxygen atoms in total. The van der Waals surface area contributed by atoms with Crippen LogP contribution in [0.2, 0.25) is 0 Å². The highest BCUT2D eigenvalue weighted by molar-refractivity contribution is 5.92. The van der Waals surface area contributed by atoms with Crippen molar-refractivity contribution in [1.82, 2.24) is 15.5 Å². The lowest BCUT2D eigenvalue weighted by atomic mass is 10.1. The fourth-order valence-electron chi connectivity index (χ4n) is 1.03. The van der Waals surface area contributed by atoms with Crippen LogP contribution in [0.25, 0.3) is 0 Å². The van der Waals surface area contributed by atoms with Crippen molar-refractivity contribution in [2.75, 3.05) is 12.4 Å². The third-order valence-corrected chi connectivity index (χ3v) is 2.51. The van der Waals surface area contributed by atoms with Crippen LogP contribution < -0.4 is 10.6 Å². The van der Waals surface area contributed by atoms with Gasteiger partial charge in [-0.25, -0.2) is 0 Å². The van der Waals surface area contributed by atoms with Crippen LogP contribution in [0.15, 0.2) is 12.1 Å². The molecule has 0 bridgehead atoms. The normalized spacial score (nSPS) is 12.3. The summed E-state index contributed by atoms with van der Waals surface area (Å²) in [4.78, 5) is 11.7. The zero-order chi connectivity index (χ0) is 12.1. The molecule has 88 valence electrons. The number of carbonyl (C=O) groups is 1. The topological polar surface area (TPSA) is 66.9 Å². The van der Waals surface area contributed by atoms with Gasteiger partial charge in [0.1, 0.15) is 5.82 Å². The number of amides is 1. The molecule has 1 rings (SSSR count). The molecule has 0 aliphatic rings. The molecule has 1 unspecified atom stereocenters. The lowest BCUT2D eigenvalue weighted by molar-refractivity contribution is 0.0924. The van der Waals surface area contributed by atoms with Crippen LogP contribution in [0.5, 0.6) is 0 Å². The molecule has 0 aliphatic heterocycles. The predicted octanol–water partition coefficient (Wildman–Crippen LogP) is 1.29. The molecule has 5 heteroatoms. The second kappa shape index (κ2) is 5.44. The summed E-state index contributed by atoms with van der Waals surface area (Å²) in [5.74, 6) is 0.860. The van der Waals surface area contributed by atoms with Gasteiger partial charge < -0.3 is 10.6 Å². The van der Waals surface area contributed by atoms with E-state index in [0.29, 0.717) is 17.4 Å². The molecule has 0 aliphatic carbocycles. The summed E-state index contributed by atoms with van der Waals surface area (Å²) in [5, 5.41) is 13.4. The van der Waals surface area contributed by atoms with Crippen molar-refractivity contribution in [2.45, 2.75) is 26.8 Å². The quantitative estimate of drug-likeness (QED) is 0.805. The molecule has 0 aromatic carbocycles. The summed E-state index contributed by atoms with van der Waals surface area (Å²) in [6.45, 7) is 6.08. The third-order valence-electron chi connectivity index (χ3n) is 2.51. The van der Waals surface area contributed by atoms with Gasteiger partial charge in [-0.1, -0.05) is 13.8 Å². The second-order valence-electron chi connectivity index (χ2n) is 4.06. The molecule has 1 atom stereocenters. The van der Waals surface area contributed by atoms with E-state index in [0.717, 1.165) is 0 Å². The Kier molecular flexibility index (Phi) is 4.22. The Morgan fingerprint density at radius 3 is 2.38 bits per heavy atom. The van der Waals surface area contributed by atoms with E-state index in [1.54, 1.807) is 19.2 Å². The Balaban J connectivity index is 2.66. The zero-order valence-corrected chi connectivity index (χ0v) is 10.1. The minimum atomic E-state index is -0.184. The van der Waals surface area contributed by atoms with E-state index in [9.17, 15) is 4.79 Å². The van der Waals surface area contributed by atoms with Gasteiger partial charge in [0.2, 0.25) is 0 Å². The molecular weight excluding hydrogens is 204 g/mol. The van der Waals surface area contributed by atoms with E-state index in [1.807, 2.05) is 6.92 Å². The summed E-state index contributed by atoms with van der Waals surface area (Å²) >= 11 is 0. The average molecular weight is 222 g/mol. The van der Waals surface area contributed by atoms with Crippen LogP contribution in [0.4, 0.5) is 5.82 Å². The highest BCUT2D eigenvalue weighted by Gasteiger charge is 2.13. The Labute approximate surface area is 95.7 Å². The maximum Gasteiger partial charge on any atom is 0.272 e. The molecule has 1 aromatic heterocycles. The summed E-state index contributed by atoms with van der Waals surface area (Å²) in [6.07, 6.45) is 0. The molecule has 16 heavy (non-hydrogen) atoms. The van der Waals surface area contributed by atoms with Gasteiger partial charge in [0.25, 0.3) is 5.91 Å². The summed E-state index contributed by atoms with van der Waals surface area (Å²) in [7, 11) is 1.75. The van der Waals surface area contributed by atoms with Crippen LogP contribution in [-0.2, 0) is 0 Å². The van der Waals surface area contributed by atoms with Crippen LogP contribution >= 0.6 is 0 Å². The highest BCUT2D eigenvalue weighted by Crippen LogP contribution is 2.03. The molecule has 1 heterocycles. The number of nitrogens with one attached hydrogen (secondary N) is 2. The minimum absolute atomic E-state index is 0.123. The first-order chi connectivity index (χ1) is 7.54. The predicted molar refractivity (Wildman–Crippen MR) is 63.3 cm³/mol. The number of carbonyl (C=O) groups excluding carboxylic acids is 1. The summed E-state index contributed by atoms with van der Waals surface area (Å²) in [5.41, 5.74) is 0.339. The first-order valence-electron chi connectivity index (χ1n) is 5.37. The molecular formula is C11H18N4O. The van der Waals surface area contributed by atoms with Crippen molar-refractivity contribution in [3.05, 3.63) is 17.8 Å². The van der Waals surface area contributed by atoms with Crippen molar-refractivity contribution in [3.8, 4) is 0 Å². The van der Waals surface area contributed by atoms with E-state index < -0.39 is 0 Å². The molecule has 0 spiro atoms. The van der Waals surface area contributed by atoms with Crippen LogP contribution in [0.1, 0.15) is 31.3 Å². The zero-order valence-electron chi connectivity index (χ0n) is 10.1. The van der Waals surface area contributed by atoms with Gasteiger partial charge in [-0.15, -0.1) is 10.2 Å². The molecule has 0 saturated heterocycles. The maximum atomic E-state index is 11.7. The van der Waals surface area contributed by atoms with Gasteiger partial charge >= 0.3 is 0 Å². The van der Waals surface area contributed by atoms with E-state index >= 15 is 0 Å². The standard InChI is InChI=1S/C11H18N4O/c1-7(2)8(3)13-11(16)9-5-6-10(12-4)15-14-9/h5-8H,1-4H3,(H,12,15)(H,13,16). The third kappa shape index (κ3) is 3.18. The van der Waals surface area contributed by atoms with Gasteiger partial charge in [-0.2, -0.15) is 0 Å². The number of nitrogens with zero attached hydrogens (tertiary/aromatic N) is 2. The lowest BCUT2D eigenvalue weighted by Crippen LogP contribution is -2.36. The van der Waals surface area contributed by atoms with Gasteiger partial charge in [0.05, 0.1) is 0 Å². The second-order valence-corrected chi connectivity index (χ2v) is 4.06. The fraction of sp³-hybridized carbons (Fsp3) is 0.545. The van der Waals surface area contributed by atoms with Gasteiger partial charge in [-0.3, -0.25) is 4.79 Å². The van der Waals surface area contributed by atoms with E-state index in [2.05, 4.69) is 34.7 Å². The molecule has 0 radical (unpaired) electrons. The highest BCUT2D eigenvalue weighted by atomic mass is 16.2. The Morgan fingerprint density at radius 1 is 1.25 bits per heavy atom.